The van der Waals surface area contributed by atoms with E-state index in [1.54, 1.807) is 12.4 Å². The summed E-state index contributed by atoms with van der Waals surface area (Å²) < 4.78 is 0. The number of carbonyl (C=O) groups is 1. The van der Waals surface area contributed by atoms with Crippen molar-refractivity contribution in [3.05, 3.63) is 54.0 Å². The molecule has 162 valence electrons. The second kappa shape index (κ2) is 12.3. The molecule has 2 aromatic heterocycles. The number of nitrogens with zero attached hydrogens (tertiary/aromatic N) is 4. The number of primary amides is 1. The Labute approximate surface area is 194 Å². The van der Waals surface area contributed by atoms with E-state index in [9.17, 15) is 4.79 Å². The van der Waals surface area contributed by atoms with Gasteiger partial charge in [0, 0.05) is 37.6 Å². The molecule has 1 saturated heterocycles. The van der Waals surface area contributed by atoms with Crippen molar-refractivity contribution in [3.8, 4) is 0 Å². The number of rotatable bonds is 7. The number of hydrogen-bond acceptors (Lipinski definition) is 5. The molecule has 0 radical (unpaired) electrons. The molecular weight excluding hydrogens is 493 g/mol. The molecule has 9 heteroatoms. The summed E-state index contributed by atoms with van der Waals surface area (Å²) >= 11 is 0. The molecule has 0 aromatic carbocycles. The van der Waals surface area contributed by atoms with E-state index in [2.05, 4.69) is 25.5 Å². The Bertz CT molecular complexity index is 831. The maximum absolute atomic E-state index is 11.6. The fraction of sp³-hybridized carbons (Fsp3) is 0.429. The summed E-state index contributed by atoms with van der Waals surface area (Å²) in [5.74, 6) is 1.24. The number of anilines is 1. The van der Waals surface area contributed by atoms with Gasteiger partial charge in [-0.15, -0.1) is 24.0 Å². The molecule has 0 bridgehead atoms. The van der Waals surface area contributed by atoms with Gasteiger partial charge in [0.15, 0.2) is 5.96 Å². The van der Waals surface area contributed by atoms with Crippen molar-refractivity contribution in [2.24, 2.45) is 16.6 Å². The van der Waals surface area contributed by atoms with Crippen LogP contribution in [0.1, 0.15) is 31.0 Å². The Morgan fingerprint density at radius 3 is 2.80 bits per heavy atom. The molecule has 3 heterocycles. The van der Waals surface area contributed by atoms with E-state index in [0.29, 0.717) is 19.6 Å². The Morgan fingerprint density at radius 2 is 2.07 bits per heavy atom. The molecule has 1 aliphatic heterocycles. The number of pyridine rings is 2. The number of amides is 1. The van der Waals surface area contributed by atoms with E-state index in [1.807, 2.05) is 37.3 Å². The number of nitrogens with two attached hydrogens (primary N) is 1. The zero-order valence-corrected chi connectivity index (χ0v) is 19.6. The molecule has 30 heavy (non-hydrogen) atoms. The van der Waals surface area contributed by atoms with Crippen molar-refractivity contribution in [1.29, 1.82) is 0 Å². The fourth-order valence-corrected chi connectivity index (χ4v) is 3.42. The van der Waals surface area contributed by atoms with Crippen molar-refractivity contribution in [3.63, 3.8) is 0 Å². The lowest BCUT2D eigenvalue weighted by atomic mass is 9.97. The molecule has 4 N–H and O–H groups in total. The van der Waals surface area contributed by atoms with Crippen LogP contribution in [0.5, 0.6) is 0 Å². The van der Waals surface area contributed by atoms with Gasteiger partial charge < -0.3 is 21.3 Å². The smallest absolute Gasteiger partial charge is 0.222 e. The third-order valence-electron chi connectivity index (χ3n) is 4.91. The summed E-state index contributed by atoms with van der Waals surface area (Å²) in [6, 6.07) is 9.78. The van der Waals surface area contributed by atoms with Crippen LogP contribution in [0, 0.1) is 5.92 Å². The molecule has 1 unspecified atom stereocenters. The predicted octanol–water partition coefficient (Wildman–Crippen LogP) is 2.05. The molecule has 3 rings (SSSR count). The van der Waals surface area contributed by atoms with Gasteiger partial charge in [0.05, 0.1) is 24.7 Å². The van der Waals surface area contributed by atoms with E-state index in [-0.39, 0.29) is 35.8 Å². The number of piperidine rings is 1. The van der Waals surface area contributed by atoms with Gasteiger partial charge in [-0.2, -0.15) is 0 Å². The van der Waals surface area contributed by atoms with Crippen LogP contribution in [0.25, 0.3) is 0 Å². The van der Waals surface area contributed by atoms with Crippen LogP contribution in [0.15, 0.2) is 47.7 Å². The highest BCUT2D eigenvalue weighted by Gasteiger charge is 2.25. The summed E-state index contributed by atoms with van der Waals surface area (Å²) in [5.41, 5.74) is 7.50. The number of guanidine groups is 1. The number of aromatic nitrogens is 2. The van der Waals surface area contributed by atoms with Crippen LogP contribution in [-0.2, 0) is 17.9 Å². The van der Waals surface area contributed by atoms with Gasteiger partial charge in [0.2, 0.25) is 5.91 Å². The molecule has 1 atom stereocenters. The monoisotopic (exact) mass is 523 g/mol. The summed E-state index contributed by atoms with van der Waals surface area (Å²) in [6.07, 6.45) is 5.33. The first-order chi connectivity index (χ1) is 14.2. The minimum Gasteiger partial charge on any atom is -0.369 e. The first-order valence-electron chi connectivity index (χ1n) is 10.1. The van der Waals surface area contributed by atoms with Crippen LogP contribution in [0.4, 0.5) is 5.82 Å². The average Bonchev–Trinajstić information content (AvgIpc) is 2.76. The van der Waals surface area contributed by atoms with Gasteiger partial charge in [-0.25, -0.2) is 9.98 Å². The number of carbonyl (C=O) groups excluding carboxylic acids is 1. The van der Waals surface area contributed by atoms with E-state index < -0.39 is 0 Å². The lowest BCUT2D eigenvalue weighted by Gasteiger charge is -2.33. The van der Waals surface area contributed by atoms with Crippen molar-refractivity contribution in [2.45, 2.75) is 32.9 Å². The average molecular weight is 523 g/mol. The molecule has 8 nitrogen and oxygen atoms in total. The van der Waals surface area contributed by atoms with Gasteiger partial charge in [-0.3, -0.25) is 9.78 Å². The normalized spacial score (nSPS) is 16.5. The molecule has 1 aliphatic rings. The summed E-state index contributed by atoms with van der Waals surface area (Å²) in [7, 11) is 0. The zero-order chi connectivity index (χ0) is 20.5. The minimum atomic E-state index is -0.238. The van der Waals surface area contributed by atoms with Crippen LogP contribution in [-0.4, -0.2) is 41.5 Å². The summed E-state index contributed by atoms with van der Waals surface area (Å²) in [6.45, 7) is 5.36. The summed E-state index contributed by atoms with van der Waals surface area (Å²) in [5, 5.41) is 6.57. The fourth-order valence-electron chi connectivity index (χ4n) is 3.42. The number of halogens is 1. The molecule has 1 fully saturated rings. The van der Waals surface area contributed by atoms with E-state index >= 15 is 0 Å². The molecule has 0 saturated carbocycles. The quantitative estimate of drug-likeness (QED) is 0.291. The second-order valence-corrected chi connectivity index (χ2v) is 7.04. The third-order valence-corrected chi connectivity index (χ3v) is 4.91. The van der Waals surface area contributed by atoms with Crippen LogP contribution < -0.4 is 21.3 Å². The molecule has 0 aliphatic carbocycles. The van der Waals surface area contributed by atoms with Gasteiger partial charge >= 0.3 is 0 Å². The summed E-state index contributed by atoms with van der Waals surface area (Å²) in [4.78, 5) is 27.4. The topological polar surface area (TPSA) is 109 Å². The predicted molar refractivity (Wildman–Crippen MR) is 130 cm³/mol. The van der Waals surface area contributed by atoms with E-state index in [1.165, 1.54) is 0 Å². The third kappa shape index (κ3) is 6.82. The van der Waals surface area contributed by atoms with Crippen LogP contribution >= 0.6 is 24.0 Å². The SMILES string of the molecule is CCNC(=NCc1cccnc1N1CCCC(C(N)=O)C1)NCc1ccccn1.I. The highest BCUT2D eigenvalue weighted by Crippen LogP contribution is 2.24. The van der Waals surface area contributed by atoms with Crippen LogP contribution in [0.3, 0.4) is 0 Å². The zero-order valence-electron chi connectivity index (χ0n) is 17.3. The Kier molecular flexibility index (Phi) is 9.78. The van der Waals surface area contributed by atoms with Gasteiger partial charge in [-0.1, -0.05) is 12.1 Å². The van der Waals surface area contributed by atoms with Crippen molar-refractivity contribution in [1.82, 2.24) is 20.6 Å². The molecule has 0 spiro atoms. The molecular formula is C21H30IN7O. The maximum Gasteiger partial charge on any atom is 0.222 e. The number of nitrogens with one attached hydrogen (secondary N) is 2. The van der Waals surface area contributed by atoms with Gasteiger partial charge in [-0.05, 0) is 38.0 Å². The largest absolute Gasteiger partial charge is 0.369 e. The van der Waals surface area contributed by atoms with E-state index in [0.717, 1.165) is 49.0 Å². The standard InChI is InChI=1S/C21H29N7O.HI/c1-2-23-21(27-14-18-9-3-4-10-24-18)26-13-16-7-5-11-25-20(16)28-12-6-8-17(15-28)19(22)29;/h3-5,7,9-11,17H,2,6,8,12-15H2,1H3,(H2,22,29)(H2,23,26,27);1H. The lowest BCUT2D eigenvalue weighted by Crippen LogP contribution is -2.42. The van der Waals surface area contributed by atoms with Crippen LogP contribution in [0.2, 0.25) is 0 Å². The minimum absolute atomic E-state index is 0. The molecule has 2 aromatic rings. The number of aliphatic imine (C=N–C) groups is 1. The highest BCUT2D eigenvalue weighted by molar-refractivity contribution is 14.0. The highest BCUT2D eigenvalue weighted by atomic mass is 127. The first kappa shape index (κ1) is 23.8. The van der Waals surface area contributed by atoms with Crippen molar-refractivity contribution in [2.75, 3.05) is 24.5 Å². The molecule has 1 amide bonds. The van der Waals surface area contributed by atoms with Gasteiger partial charge in [0.25, 0.3) is 0 Å². The Balaban J connectivity index is 0.00000320. The van der Waals surface area contributed by atoms with Crippen molar-refractivity contribution < 1.29 is 4.79 Å². The van der Waals surface area contributed by atoms with Crippen molar-refractivity contribution >= 4 is 41.7 Å². The lowest BCUT2D eigenvalue weighted by molar-refractivity contribution is -0.122. The maximum atomic E-state index is 11.6. The van der Waals surface area contributed by atoms with Gasteiger partial charge in [0.1, 0.15) is 5.82 Å². The Hall–Kier alpha value is -2.43. The van der Waals surface area contributed by atoms with E-state index in [4.69, 9.17) is 10.7 Å². The Morgan fingerprint density at radius 1 is 1.23 bits per heavy atom. The second-order valence-electron chi connectivity index (χ2n) is 7.04. The first-order valence-corrected chi connectivity index (χ1v) is 10.1. The number of hydrogen-bond donors (Lipinski definition) is 3.